The zero-order chi connectivity index (χ0) is 17.1. The molecule has 1 aromatic carbocycles. The van der Waals surface area contributed by atoms with Crippen LogP contribution in [0, 0.1) is 5.82 Å². The van der Waals surface area contributed by atoms with E-state index in [1.807, 2.05) is 0 Å². The van der Waals surface area contributed by atoms with Crippen LogP contribution >= 0.6 is 11.6 Å². The molecule has 0 spiro atoms. The maximum atomic E-state index is 13.2. The van der Waals surface area contributed by atoms with Crippen LogP contribution in [0.5, 0.6) is 0 Å². The maximum absolute atomic E-state index is 13.2. The van der Waals surface area contributed by atoms with Gasteiger partial charge in [0.1, 0.15) is 16.5 Å². The first-order valence-corrected chi connectivity index (χ1v) is 7.39. The van der Waals surface area contributed by atoms with Crippen LogP contribution in [0.4, 0.5) is 10.2 Å². The molecule has 0 bridgehead atoms. The van der Waals surface area contributed by atoms with Crippen molar-refractivity contribution in [3.8, 4) is 0 Å². The number of benzene rings is 1. The summed E-state index contributed by atoms with van der Waals surface area (Å²) < 4.78 is 13.2. The van der Waals surface area contributed by atoms with Gasteiger partial charge in [-0.2, -0.15) is 5.10 Å². The fourth-order valence-electron chi connectivity index (χ4n) is 2.27. The van der Waals surface area contributed by atoms with Gasteiger partial charge in [0.05, 0.1) is 6.04 Å². The van der Waals surface area contributed by atoms with Gasteiger partial charge in [-0.3, -0.25) is 14.9 Å². The number of hydrogen-bond donors (Lipinski definition) is 3. The Morgan fingerprint density at radius 2 is 1.79 bits per heavy atom. The molecular formula is C16H13ClFN5O. The lowest BCUT2D eigenvalue weighted by Crippen LogP contribution is -2.29. The Morgan fingerprint density at radius 1 is 1.17 bits per heavy atom. The number of nitrogens with one attached hydrogen (secondary N) is 2. The lowest BCUT2D eigenvalue weighted by atomic mass is 9.99. The second-order valence-electron chi connectivity index (χ2n) is 5.04. The Balaban J connectivity index is 1.95. The van der Waals surface area contributed by atoms with Crippen LogP contribution in [0.15, 0.2) is 48.8 Å². The van der Waals surface area contributed by atoms with Gasteiger partial charge in [0.25, 0.3) is 5.91 Å². The Bertz CT molecular complexity index is 851. The maximum Gasteiger partial charge on any atom is 0.271 e. The molecule has 0 saturated carbocycles. The molecule has 24 heavy (non-hydrogen) atoms. The number of nitrogens with zero attached hydrogens (tertiary/aromatic N) is 2. The van der Waals surface area contributed by atoms with Crippen LogP contribution in [0.1, 0.15) is 27.7 Å². The van der Waals surface area contributed by atoms with Crippen molar-refractivity contribution < 1.29 is 9.18 Å². The topological polar surface area (TPSA) is 96.7 Å². The van der Waals surface area contributed by atoms with E-state index in [1.165, 1.54) is 12.1 Å². The van der Waals surface area contributed by atoms with E-state index >= 15 is 0 Å². The minimum atomic E-state index is -0.512. The van der Waals surface area contributed by atoms with E-state index < -0.39 is 11.9 Å². The molecule has 4 N–H and O–H groups in total. The van der Waals surface area contributed by atoms with Gasteiger partial charge in [-0.1, -0.05) is 23.7 Å². The third-order valence-corrected chi connectivity index (χ3v) is 3.86. The molecule has 1 unspecified atom stereocenters. The van der Waals surface area contributed by atoms with Crippen molar-refractivity contribution >= 4 is 23.3 Å². The predicted octanol–water partition coefficient (Wildman–Crippen LogP) is 2.70. The number of H-pyrrole nitrogens is 1. The summed E-state index contributed by atoms with van der Waals surface area (Å²) in [4.78, 5) is 16.5. The first-order valence-electron chi connectivity index (χ1n) is 7.02. The lowest BCUT2D eigenvalue weighted by Gasteiger charge is -2.19. The molecule has 1 atom stereocenters. The molecule has 0 aliphatic carbocycles. The predicted molar refractivity (Wildman–Crippen MR) is 88.0 cm³/mol. The van der Waals surface area contributed by atoms with E-state index in [0.29, 0.717) is 5.56 Å². The Morgan fingerprint density at radius 3 is 2.38 bits per heavy atom. The number of rotatable bonds is 4. The van der Waals surface area contributed by atoms with E-state index in [0.717, 1.165) is 5.56 Å². The third kappa shape index (κ3) is 3.21. The van der Waals surface area contributed by atoms with E-state index in [2.05, 4.69) is 20.5 Å². The Kier molecular flexibility index (Phi) is 4.43. The molecule has 122 valence electrons. The highest BCUT2D eigenvalue weighted by atomic mass is 35.5. The minimum absolute atomic E-state index is 0.0454. The van der Waals surface area contributed by atoms with Crippen molar-refractivity contribution in [2.45, 2.75) is 6.04 Å². The van der Waals surface area contributed by atoms with Gasteiger partial charge in [0.15, 0.2) is 5.82 Å². The molecule has 8 heteroatoms. The average molecular weight is 346 g/mol. The van der Waals surface area contributed by atoms with Crippen LogP contribution in [-0.2, 0) is 0 Å². The zero-order valence-corrected chi connectivity index (χ0v) is 13.1. The van der Waals surface area contributed by atoms with Crippen molar-refractivity contribution in [3.05, 3.63) is 76.5 Å². The van der Waals surface area contributed by atoms with E-state index in [4.69, 9.17) is 17.3 Å². The van der Waals surface area contributed by atoms with Crippen LogP contribution in [0.2, 0.25) is 5.02 Å². The smallest absolute Gasteiger partial charge is 0.271 e. The van der Waals surface area contributed by atoms with Gasteiger partial charge in [0, 0.05) is 12.4 Å². The van der Waals surface area contributed by atoms with Crippen LogP contribution in [0.25, 0.3) is 0 Å². The summed E-state index contributed by atoms with van der Waals surface area (Å²) in [6.07, 6.45) is 3.22. The Hall–Kier alpha value is -2.93. The SMILES string of the molecule is Nc1n[nH]c(C(=O)NC(c2ccncc2)c2ccc(F)cc2)c1Cl. The summed E-state index contributed by atoms with van der Waals surface area (Å²) in [5, 5.41) is 9.10. The molecule has 1 amide bonds. The highest BCUT2D eigenvalue weighted by Crippen LogP contribution is 2.24. The number of nitrogen functional groups attached to an aromatic ring is 1. The molecule has 3 aromatic rings. The Labute approximate surface area is 141 Å². The van der Waals surface area contributed by atoms with Crippen LogP contribution in [-0.4, -0.2) is 21.1 Å². The molecule has 0 aliphatic heterocycles. The van der Waals surface area contributed by atoms with E-state index in [9.17, 15) is 9.18 Å². The number of hydrogen-bond acceptors (Lipinski definition) is 4. The van der Waals surface area contributed by atoms with Gasteiger partial charge in [0.2, 0.25) is 0 Å². The summed E-state index contributed by atoms with van der Waals surface area (Å²) >= 11 is 5.96. The first-order chi connectivity index (χ1) is 11.6. The summed E-state index contributed by atoms with van der Waals surface area (Å²) in [7, 11) is 0. The van der Waals surface area contributed by atoms with Crippen molar-refractivity contribution in [2.24, 2.45) is 0 Å². The van der Waals surface area contributed by atoms with Crippen molar-refractivity contribution in [2.75, 3.05) is 5.73 Å². The van der Waals surface area contributed by atoms with Crippen LogP contribution < -0.4 is 11.1 Å². The number of carbonyl (C=O) groups excluding carboxylic acids is 1. The summed E-state index contributed by atoms with van der Waals surface area (Å²) in [5.41, 5.74) is 7.10. The second-order valence-corrected chi connectivity index (χ2v) is 5.41. The highest BCUT2D eigenvalue weighted by molar-refractivity contribution is 6.35. The van der Waals surface area contributed by atoms with Gasteiger partial charge in [-0.25, -0.2) is 4.39 Å². The molecule has 0 saturated heterocycles. The highest BCUT2D eigenvalue weighted by Gasteiger charge is 2.22. The number of pyridine rings is 1. The summed E-state index contributed by atoms with van der Waals surface area (Å²) in [6, 6.07) is 8.87. The quantitative estimate of drug-likeness (QED) is 0.677. The van der Waals surface area contributed by atoms with Crippen molar-refractivity contribution in [3.63, 3.8) is 0 Å². The van der Waals surface area contributed by atoms with Crippen molar-refractivity contribution in [1.82, 2.24) is 20.5 Å². The van der Waals surface area contributed by atoms with Crippen LogP contribution in [0.3, 0.4) is 0 Å². The van der Waals surface area contributed by atoms with E-state index in [-0.39, 0.29) is 22.4 Å². The largest absolute Gasteiger partial charge is 0.381 e. The fourth-order valence-corrected chi connectivity index (χ4v) is 2.44. The molecule has 3 rings (SSSR count). The number of aromatic nitrogens is 3. The molecule has 2 aromatic heterocycles. The van der Waals surface area contributed by atoms with Gasteiger partial charge >= 0.3 is 0 Å². The first kappa shape index (κ1) is 15.9. The zero-order valence-electron chi connectivity index (χ0n) is 12.3. The molecule has 6 nitrogen and oxygen atoms in total. The molecular weight excluding hydrogens is 333 g/mol. The number of carbonyl (C=O) groups is 1. The summed E-state index contributed by atoms with van der Waals surface area (Å²) in [5.74, 6) is -0.790. The molecule has 0 radical (unpaired) electrons. The molecule has 0 fully saturated rings. The normalized spacial score (nSPS) is 11.9. The van der Waals surface area contributed by atoms with Gasteiger partial charge in [-0.15, -0.1) is 0 Å². The second kappa shape index (κ2) is 6.67. The average Bonchev–Trinajstić information content (AvgIpc) is 2.94. The standard InChI is InChI=1S/C16H13ClFN5O/c17-12-14(22-23-15(12)19)16(24)21-13(10-5-7-20-8-6-10)9-1-3-11(18)4-2-9/h1-8,13H,(H,21,24)(H3,19,22,23). The molecule has 0 aliphatic rings. The van der Waals surface area contributed by atoms with E-state index in [1.54, 1.807) is 36.7 Å². The molecule has 2 heterocycles. The monoisotopic (exact) mass is 345 g/mol. The van der Waals surface area contributed by atoms with Gasteiger partial charge in [-0.05, 0) is 35.4 Å². The summed E-state index contributed by atoms with van der Waals surface area (Å²) in [6.45, 7) is 0. The van der Waals surface area contributed by atoms with Gasteiger partial charge < -0.3 is 11.1 Å². The number of halogens is 2. The third-order valence-electron chi connectivity index (χ3n) is 3.48. The number of amides is 1. The number of nitrogens with two attached hydrogens (primary N) is 1. The number of aromatic amines is 1. The lowest BCUT2D eigenvalue weighted by molar-refractivity contribution is 0.0938. The minimum Gasteiger partial charge on any atom is -0.381 e. The number of anilines is 1. The fraction of sp³-hybridized carbons (Fsp3) is 0.0625. The van der Waals surface area contributed by atoms with Crippen molar-refractivity contribution in [1.29, 1.82) is 0 Å².